The molecule has 0 amide bonds. The van der Waals surface area contributed by atoms with E-state index >= 15 is 0 Å². The summed E-state index contributed by atoms with van der Waals surface area (Å²) >= 11 is 0. The van der Waals surface area contributed by atoms with Gasteiger partial charge < -0.3 is 118 Å². The molecule has 8 fully saturated rings. The second-order valence-electron chi connectivity index (χ2n) is 26.6. The first kappa shape index (κ1) is 71.2. The minimum absolute atomic E-state index is 0. The third-order valence-electron chi connectivity index (χ3n) is 20.3. The monoisotopic (exact) mass is 1270 g/mol. The molecule has 13 N–H and O–H groups in total. The second kappa shape index (κ2) is 27.7. The number of carbonyl (C=O) groups is 1. The number of Topliss-reactive ketones (excluding diaryl/α,β-unsaturated/α-hetero) is 1. The number of aliphatic hydroxyl groups is 13. The van der Waals surface area contributed by atoms with E-state index in [9.17, 15) is 84.1 Å². The van der Waals surface area contributed by atoms with Gasteiger partial charge in [0.2, 0.25) is 10.4 Å². The molecule has 0 aromatic rings. The third-order valence-corrected chi connectivity index (χ3v) is 20.8. The Morgan fingerprint density at radius 3 is 1.78 bits per heavy atom. The Hall–Kier alpha value is -0.640. The van der Waals surface area contributed by atoms with E-state index in [4.69, 9.17) is 51.6 Å². The number of fused-ring (bicyclic) bond motifs is 5. The summed E-state index contributed by atoms with van der Waals surface area (Å²) in [6.07, 6.45) is -37.5. The van der Waals surface area contributed by atoms with E-state index in [2.05, 4.69) is 19.9 Å². The van der Waals surface area contributed by atoms with E-state index < -0.39 is 206 Å². The fraction of sp³-hybridized carbons (Fsp3) is 0.946. The molecule has 5 aliphatic heterocycles. The molecule has 86 heavy (non-hydrogen) atoms. The molecule has 0 aromatic carbocycles. The van der Waals surface area contributed by atoms with Crippen LogP contribution >= 0.6 is 0 Å². The topological polar surface area (TPSA) is 439 Å². The van der Waals surface area contributed by atoms with Gasteiger partial charge in [0.15, 0.2) is 31.5 Å². The summed E-state index contributed by atoms with van der Waals surface area (Å²) in [7, 11) is -5.13. The van der Waals surface area contributed by atoms with Crippen LogP contribution in [0.2, 0.25) is 0 Å². The molecule has 9 aliphatic rings. The average molecular weight is 1270 g/mol. The Bertz CT molecular complexity index is 2430. The number of ether oxygens (including phenoxy) is 10. The molecule has 4 aliphatic carbocycles. The van der Waals surface area contributed by atoms with Crippen LogP contribution in [-0.4, -0.2) is 264 Å². The average Bonchev–Trinajstić information content (AvgIpc) is 1.30. The molecule has 5 unspecified atom stereocenters. The van der Waals surface area contributed by atoms with Crippen LogP contribution in [0, 0.1) is 40.4 Å². The van der Waals surface area contributed by atoms with Crippen LogP contribution in [0.1, 0.15) is 113 Å². The van der Waals surface area contributed by atoms with Crippen LogP contribution in [0.3, 0.4) is 0 Å². The molecule has 490 valence electrons. The predicted octanol–water partition coefficient (Wildman–Crippen LogP) is -6.02. The molecule has 5 heterocycles. The maximum Gasteiger partial charge on any atom is 1.00 e. The minimum atomic E-state index is -5.13. The van der Waals surface area contributed by atoms with E-state index in [-0.39, 0.29) is 78.3 Å². The van der Waals surface area contributed by atoms with Crippen LogP contribution < -0.4 is 29.6 Å². The van der Waals surface area contributed by atoms with Gasteiger partial charge in [-0.1, -0.05) is 39.3 Å². The van der Waals surface area contributed by atoms with Crippen molar-refractivity contribution < 1.29 is 165 Å². The normalized spacial score (nSPS) is 50.7. The van der Waals surface area contributed by atoms with Crippen molar-refractivity contribution in [3.63, 3.8) is 0 Å². The zero-order valence-electron chi connectivity index (χ0n) is 50.1. The molecule has 3 saturated carbocycles. The molecule has 0 aromatic heterocycles. The van der Waals surface area contributed by atoms with Crippen molar-refractivity contribution >= 4 is 16.2 Å². The van der Waals surface area contributed by atoms with E-state index in [1.807, 2.05) is 13.8 Å². The molecule has 30 heteroatoms. The van der Waals surface area contributed by atoms with Crippen molar-refractivity contribution in [1.82, 2.24) is 0 Å². The van der Waals surface area contributed by atoms with Gasteiger partial charge >= 0.3 is 29.6 Å². The van der Waals surface area contributed by atoms with Crippen LogP contribution in [0.15, 0.2) is 11.6 Å². The molecular weight excluding hydrogens is 1180 g/mol. The standard InChI is InChI=1S/C56H92O28S.Na/c1-21(2)15-25(58)18-56(8,70)34-10-9-28-27-17-31(30-16-26(84-85(71,72)73)11-13-54(30,6)29(27)12-14-55(28,34)7)78-51-45(69)46(37(61)24(5)77-51)81-52-47(82-49-43(67)40(64)35(59)22(3)75-49)39(63)33(20-74-52)80-53-48(42(66)38(62)32(19-57)79-53)83-50-44(68)41(65)36(60)23(4)76-50;/h12,21-24,26-28,30-53,57,59-70H,9-11,13-20H2,1-8H3,(H,71,72,73);/q;+1/p-1/t22-,23-,24-,26+,27+,28+,30-,31+,32-,33-,34+,35-,36+,37-,38-,39+,40+,41+,42+,43-,44-,45-,46+,47-,48-,49?,50?,51?,52?,53?,54-,55+,56-;/m1./s1. The Morgan fingerprint density at radius 2 is 1.21 bits per heavy atom. The number of ketones is 1. The summed E-state index contributed by atoms with van der Waals surface area (Å²) in [5.41, 5.74) is -1.31. The first-order valence-corrected chi connectivity index (χ1v) is 31.2. The van der Waals surface area contributed by atoms with Gasteiger partial charge in [-0.15, -0.1) is 0 Å². The van der Waals surface area contributed by atoms with Crippen LogP contribution in [-0.2, 0) is 66.7 Å². The summed E-state index contributed by atoms with van der Waals surface area (Å²) in [5.74, 6) is -0.864. The van der Waals surface area contributed by atoms with E-state index in [1.165, 1.54) is 20.8 Å². The van der Waals surface area contributed by atoms with Crippen LogP contribution in [0.5, 0.6) is 0 Å². The van der Waals surface area contributed by atoms with E-state index in [1.54, 1.807) is 6.92 Å². The quantitative estimate of drug-likeness (QED) is 0.0263. The first-order valence-electron chi connectivity index (χ1n) is 29.9. The molecule has 9 rings (SSSR count). The smallest absolute Gasteiger partial charge is 0.726 e. The first-order chi connectivity index (χ1) is 39.7. The Kier molecular flexibility index (Phi) is 23.0. The van der Waals surface area contributed by atoms with Gasteiger partial charge in [-0.2, -0.15) is 0 Å². The number of allylic oxidation sites excluding steroid dienone is 2. The zero-order chi connectivity index (χ0) is 62.3. The molecule has 0 bridgehead atoms. The van der Waals surface area contributed by atoms with Crippen molar-refractivity contribution in [2.45, 2.75) is 278 Å². The van der Waals surface area contributed by atoms with Gasteiger partial charge in [-0.05, 0) is 113 Å². The maximum atomic E-state index is 13.2. The van der Waals surface area contributed by atoms with E-state index in [0.29, 0.717) is 38.5 Å². The third kappa shape index (κ3) is 14.2. The maximum absolute atomic E-state index is 13.2. The number of hydrogen-bond acceptors (Lipinski definition) is 28. The minimum Gasteiger partial charge on any atom is -0.726 e. The fourth-order valence-corrected chi connectivity index (χ4v) is 16.3. The zero-order valence-corrected chi connectivity index (χ0v) is 52.9. The summed E-state index contributed by atoms with van der Waals surface area (Å²) in [5, 5.41) is 145. The van der Waals surface area contributed by atoms with Gasteiger partial charge in [0.25, 0.3) is 0 Å². The second-order valence-corrected chi connectivity index (χ2v) is 27.7. The van der Waals surface area contributed by atoms with Crippen molar-refractivity contribution in [3.05, 3.63) is 11.6 Å². The largest absolute Gasteiger partial charge is 1.00 e. The van der Waals surface area contributed by atoms with Gasteiger partial charge in [0.05, 0.1) is 49.3 Å². The van der Waals surface area contributed by atoms with Gasteiger partial charge in [0, 0.05) is 12.8 Å². The van der Waals surface area contributed by atoms with Gasteiger partial charge in [-0.25, -0.2) is 8.42 Å². The fourth-order valence-electron chi connectivity index (χ4n) is 15.8. The Morgan fingerprint density at radius 1 is 0.663 bits per heavy atom. The summed E-state index contributed by atoms with van der Waals surface area (Å²) in [6.45, 7) is 12.5. The van der Waals surface area contributed by atoms with Crippen molar-refractivity contribution in [2.24, 2.45) is 40.4 Å². The van der Waals surface area contributed by atoms with Crippen LogP contribution in [0.4, 0.5) is 0 Å². The summed E-state index contributed by atoms with van der Waals surface area (Å²) < 4.78 is 102. The SMILES string of the molecule is CC(C)CC(=O)C[C@@](C)(O)[C@H]1CC[C@H]2[C@@H]3C[C@H](OC4O[C@H](C)[C@@H](O)[C@H](OC5OC[C@@H](OC6O[C@H](CO)[C@@H](O)[C@H](O)[C@H]6OC6O[C@H](C)[C@H](O)[C@H](O)[C@H]6O)[C@H](O)[C@H]5OC5O[C@H](C)[C@@H](O)[C@H](O)[C@H]5O)[C@H]4O)[C@H]4C[C@@H](OS(=O)(=O)[O-])CC[C@]4(C)C3=CC[C@@]21C.[Na+]. The van der Waals surface area contributed by atoms with Crippen molar-refractivity contribution in [3.8, 4) is 0 Å². The number of aliphatic hydroxyl groups excluding tert-OH is 12. The summed E-state index contributed by atoms with van der Waals surface area (Å²) in [6, 6.07) is 0. The van der Waals surface area contributed by atoms with E-state index in [0.717, 1.165) is 5.57 Å². The molecular formula is C56H91NaO28S. The molecule has 0 spiro atoms. The molecule has 28 nitrogen and oxygen atoms in total. The molecule has 33 atom stereocenters. The molecule has 0 radical (unpaired) electrons. The number of carbonyl (C=O) groups excluding carboxylic acids is 1. The predicted molar refractivity (Wildman–Crippen MR) is 284 cm³/mol. The van der Waals surface area contributed by atoms with Crippen molar-refractivity contribution in [1.29, 1.82) is 0 Å². The number of hydrogen-bond donors (Lipinski definition) is 13. The Labute approximate surface area is 522 Å². The van der Waals surface area contributed by atoms with Gasteiger partial charge in [0.1, 0.15) is 103 Å². The van der Waals surface area contributed by atoms with Crippen molar-refractivity contribution in [2.75, 3.05) is 13.2 Å². The summed E-state index contributed by atoms with van der Waals surface area (Å²) in [4.78, 5) is 13.2. The molecule has 5 saturated heterocycles. The van der Waals surface area contributed by atoms with Gasteiger partial charge in [-0.3, -0.25) is 8.98 Å². The number of rotatable bonds is 18. The van der Waals surface area contributed by atoms with Crippen LogP contribution in [0.25, 0.3) is 0 Å². The Balaban J connectivity index is 0.00000961.